The van der Waals surface area contributed by atoms with Crippen LogP contribution in [0.2, 0.25) is 0 Å². The normalized spacial score (nSPS) is 30.0. The van der Waals surface area contributed by atoms with Gasteiger partial charge in [-0.15, -0.1) is 0 Å². The molecule has 0 bridgehead atoms. The van der Waals surface area contributed by atoms with Crippen molar-refractivity contribution in [3.05, 3.63) is 27.8 Å². The van der Waals surface area contributed by atoms with E-state index in [1.165, 1.54) is 20.8 Å². The Balaban J connectivity index is 2.09. The Kier molecular flexibility index (Phi) is 5.78. The molecule has 0 amide bonds. The number of ether oxygens (including phenoxy) is 1. The molecular formula is C19H22O9S. The number of aliphatic hydroxyl groups is 4. The smallest absolute Gasteiger partial charge is 0.193 e. The first-order valence-corrected chi connectivity index (χ1v) is 9.73. The van der Waals surface area contributed by atoms with E-state index in [1.807, 2.05) is 0 Å². The van der Waals surface area contributed by atoms with Crippen LogP contribution in [0.25, 0.3) is 0 Å². The number of carbonyl (C=O) groups is 2. The van der Waals surface area contributed by atoms with Crippen molar-refractivity contribution in [3.8, 4) is 11.5 Å². The summed E-state index contributed by atoms with van der Waals surface area (Å²) in [6.45, 7) is 3.69. The highest BCUT2D eigenvalue weighted by atomic mass is 32.2. The molecule has 158 valence electrons. The molecular weight excluding hydrogens is 404 g/mol. The van der Waals surface area contributed by atoms with Crippen LogP contribution in [0.1, 0.15) is 40.1 Å². The van der Waals surface area contributed by atoms with E-state index in [0.29, 0.717) is 11.8 Å². The summed E-state index contributed by atoms with van der Waals surface area (Å²) in [5, 5.41) is 60.7. The number of Topliss-reactive ketones (excluding diaryl/α,β-unsaturated/α-hetero) is 2. The second kappa shape index (κ2) is 7.71. The predicted octanol–water partition coefficient (Wildman–Crippen LogP) is 0.0136. The fourth-order valence-electron chi connectivity index (χ4n) is 3.41. The van der Waals surface area contributed by atoms with E-state index in [-0.39, 0.29) is 32.7 Å². The van der Waals surface area contributed by atoms with Crippen molar-refractivity contribution in [2.24, 2.45) is 0 Å². The molecule has 9 nitrogen and oxygen atoms in total. The van der Waals surface area contributed by atoms with Crippen molar-refractivity contribution in [3.63, 3.8) is 0 Å². The van der Waals surface area contributed by atoms with Crippen LogP contribution in [0.4, 0.5) is 0 Å². The van der Waals surface area contributed by atoms with Gasteiger partial charge in [-0.3, -0.25) is 9.59 Å². The average Bonchev–Trinajstić information content (AvgIpc) is 2.70. The van der Waals surface area contributed by atoms with Gasteiger partial charge in [-0.1, -0.05) is 11.8 Å². The lowest BCUT2D eigenvalue weighted by Gasteiger charge is -2.39. The van der Waals surface area contributed by atoms with Crippen LogP contribution in [0.15, 0.2) is 16.0 Å². The number of rotatable bonds is 3. The number of hydrogen-bond donors (Lipinski definition) is 6. The lowest BCUT2D eigenvalue weighted by Crippen LogP contribution is -2.57. The maximum atomic E-state index is 12.7. The Hall–Kier alpha value is -1.95. The minimum Gasteiger partial charge on any atom is -0.507 e. The van der Waals surface area contributed by atoms with Crippen molar-refractivity contribution in [2.75, 3.05) is 6.61 Å². The largest absolute Gasteiger partial charge is 0.507 e. The molecule has 0 aromatic heterocycles. The quantitative estimate of drug-likeness (QED) is 0.363. The molecule has 1 aliphatic carbocycles. The first-order chi connectivity index (χ1) is 13.5. The Morgan fingerprint density at radius 1 is 0.862 bits per heavy atom. The second-order valence-corrected chi connectivity index (χ2v) is 8.23. The maximum Gasteiger partial charge on any atom is 0.193 e. The molecule has 0 spiro atoms. The third kappa shape index (κ3) is 3.25. The van der Waals surface area contributed by atoms with E-state index in [4.69, 9.17) is 4.74 Å². The van der Waals surface area contributed by atoms with Gasteiger partial charge < -0.3 is 35.4 Å². The number of allylic oxidation sites excluding steroid dienone is 2. The number of benzene rings is 1. The highest BCUT2D eigenvalue weighted by Gasteiger charge is 2.45. The second-order valence-electron chi connectivity index (χ2n) is 7.12. The summed E-state index contributed by atoms with van der Waals surface area (Å²) in [6.07, 6.45) is -5.91. The molecule has 0 unspecified atom stereocenters. The van der Waals surface area contributed by atoms with Gasteiger partial charge in [-0.2, -0.15) is 0 Å². The third-order valence-corrected chi connectivity index (χ3v) is 6.77. The summed E-state index contributed by atoms with van der Waals surface area (Å²) in [6, 6.07) is 0. The Morgan fingerprint density at radius 2 is 1.38 bits per heavy atom. The van der Waals surface area contributed by atoms with Crippen molar-refractivity contribution < 1.29 is 45.0 Å². The molecule has 0 saturated carbocycles. The number of phenolic OH excluding ortho intramolecular Hbond substituents is 2. The van der Waals surface area contributed by atoms with Crippen LogP contribution in [0, 0.1) is 6.92 Å². The van der Waals surface area contributed by atoms with E-state index >= 15 is 0 Å². The van der Waals surface area contributed by atoms with E-state index in [2.05, 4.69) is 0 Å². The molecule has 10 heteroatoms. The fraction of sp³-hybridized carbons (Fsp3) is 0.474. The highest BCUT2D eigenvalue weighted by Crippen LogP contribution is 2.48. The van der Waals surface area contributed by atoms with Crippen LogP contribution >= 0.6 is 11.8 Å². The molecule has 1 aromatic rings. The van der Waals surface area contributed by atoms with Crippen LogP contribution in [-0.2, 0) is 4.74 Å². The van der Waals surface area contributed by atoms with Crippen molar-refractivity contribution in [2.45, 2.75) is 55.5 Å². The van der Waals surface area contributed by atoms with Gasteiger partial charge in [-0.05, 0) is 20.8 Å². The minimum atomic E-state index is -1.62. The van der Waals surface area contributed by atoms with Gasteiger partial charge in [-0.25, -0.2) is 0 Å². The first-order valence-electron chi connectivity index (χ1n) is 8.85. The summed E-state index contributed by atoms with van der Waals surface area (Å²) in [5.74, 6) is -2.21. The van der Waals surface area contributed by atoms with Crippen LogP contribution in [0.5, 0.6) is 11.5 Å². The number of ketones is 2. The zero-order valence-electron chi connectivity index (χ0n) is 15.9. The van der Waals surface area contributed by atoms with Gasteiger partial charge in [0, 0.05) is 16.7 Å². The summed E-state index contributed by atoms with van der Waals surface area (Å²) in [4.78, 5) is 25.2. The van der Waals surface area contributed by atoms with Crippen molar-refractivity contribution in [1.82, 2.24) is 0 Å². The molecule has 3 rings (SSSR count). The van der Waals surface area contributed by atoms with Crippen molar-refractivity contribution in [1.29, 1.82) is 0 Å². The van der Waals surface area contributed by atoms with E-state index in [1.54, 1.807) is 0 Å². The summed E-state index contributed by atoms with van der Waals surface area (Å²) >= 11 is 0.699. The SMILES string of the molecule is CC1=C(C)C(=O)c2c(O)c(S[C@H]3O[C@@H](CO)[C@H](O)[C@@H](O)[C@@H]3O)c(C)c(O)c2C1=O. The monoisotopic (exact) mass is 426 g/mol. The number of carbonyl (C=O) groups excluding carboxylic acids is 2. The van der Waals surface area contributed by atoms with Crippen molar-refractivity contribution >= 4 is 23.3 Å². The zero-order valence-corrected chi connectivity index (χ0v) is 16.7. The van der Waals surface area contributed by atoms with E-state index < -0.39 is 59.5 Å². The van der Waals surface area contributed by atoms with Crippen LogP contribution in [0.3, 0.4) is 0 Å². The highest BCUT2D eigenvalue weighted by molar-refractivity contribution is 8.00. The van der Waals surface area contributed by atoms with E-state index in [9.17, 15) is 40.2 Å². The lowest BCUT2D eigenvalue weighted by atomic mass is 9.83. The molecule has 0 radical (unpaired) electrons. The predicted molar refractivity (Wildman–Crippen MR) is 101 cm³/mol. The minimum absolute atomic E-state index is 0.0286. The number of thioether (sulfide) groups is 1. The molecule has 29 heavy (non-hydrogen) atoms. The molecule has 1 fully saturated rings. The number of phenols is 2. The average molecular weight is 426 g/mol. The van der Waals surface area contributed by atoms with Crippen LogP contribution in [-0.4, -0.2) is 78.7 Å². The summed E-state index contributed by atoms with van der Waals surface area (Å²) in [5.41, 5.74) is -1.47. The zero-order chi connectivity index (χ0) is 21.8. The maximum absolute atomic E-state index is 12.7. The Bertz CT molecular complexity index is 921. The van der Waals surface area contributed by atoms with Crippen LogP contribution < -0.4 is 0 Å². The fourth-order valence-corrected chi connectivity index (χ4v) is 4.62. The molecule has 1 saturated heterocycles. The number of fused-ring (bicyclic) bond motifs is 1. The Morgan fingerprint density at radius 3 is 1.90 bits per heavy atom. The Labute approximate surface area is 170 Å². The first kappa shape index (κ1) is 21.8. The molecule has 1 heterocycles. The molecule has 5 atom stereocenters. The van der Waals surface area contributed by atoms with Gasteiger partial charge in [0.05, 0.1) is 22.6 Å². The van der Waals surface area contributed by atoms with Gasteiger partial charge in [0.1, 0.15) is 41.4 Å². The molecule has 1 aromatic carbocycles. The molecule has 6 N–H and O–H groups in total. The number of aromatic hydroxyl groups is 2. The summed E-state index contributed by atoms with van der Waals surface area (Å²) in [7, 11) is 0. The topological polar surface area (TPSA) is 165 Å². The summed E-state index contributed by atoms with van der Waals surface area (Å²) < 4.78 is 5.41. The number of hydrogen-bond acceptors (Lipinski definition) is 10. The van der Waals surface area contributed by atoms with Gasteiger partial charge in [0.15, 0.2) is 11.6 Å². The standard InChI is InChI=1S/C19H22O9S/c1-5-6(2)12(22)10-9(11(5)21)13(23)7(3)18(15(10)25)29-19-17(27)16(26)14(24)8(4-20)28-19/h8,14,16-17,19-20,23-27H,4H2,1-3H3/t8-,14-,16+,17-,19+/m0/s1. The molecule has 2 aliphatic rings. The van der Waals surface area contributed by atoms with Gasteiger partial charge in [0.2, 0.25) is 0 Å². The van der Waals surface area contributed by atoms with Gasteiger partial charge in [0.25, 0.3) is 0 Å². The van der Waals surface area contributed by atoms with E-state index in [0.717, 1.165) is 0 Å². The third-order valence-electron chi connectivity index (χ3n) is 5.41. The number of aliphatic hydroxyl groups excluding tert-OH is 4. The molecule has 1 aliphatic heterocycles. The van der Waals surface area contributed by atoms with Gasteiger partial charge >= 0.3 is 0 Å². The lowest BCUT2D eigenvalue weighted by molar-refractivity contribution is -0.205.